The van der Waals surface area contributed by atoms with Gasteiger partial charge in [-0.3, -0.25) is 4.79 Å². The van der Waals surface area contributed by atoms with Crippen LogP contribution in [0, 0.1) is 13.8 Å². The van der Waals surface area contributed by atoms with Crippen LogP contribution in [0.1, 0.15) is 44.4 Å². The topological polar surface area (TPSA) is 49.3 Å². The molecule has 1 aromatic carbocycles. The summed E-state index contributed by atoms with van der Waals surface area (Å²) in [5, 5.41) is 12.8. The Labute approximate surface area is 121 Å². The first-order chi connectivity index (χ1) is 9.03. The van der Waals surface area contributed by atoms with Gasteiger partial charge in [-0.25, -0.2) is 0 Å². The molecule has 0 fully saturated rings. The van der Waals surface area contributed by atoms with Crippen molar-refractivity contribution in [3.63, 3.8) is 0 Å². The third-order valence-corrected chi connectivity index (χ3v) is 3.80. The molecular weight excluding hydrogens is 250 g/mol. The van der Waals surface area contributed by atoms with Gasteiger partial charge < -0.3 is 10.4 Å². The predicted molar refractivity (Wildman–Crippen MR) is 83.5 cm³/mol. The van der Waals surface area contributed by atoms with E-state index in [0.29, 0.717) is 0 Å². The van der Waals surface area contributed by atoms with Crippen LogP contribution >= 0.6 is 0 Å². The number of amides is 1. The fraction of sp³-hybridized carbons (Fsp3) is 0.471. The van der Waals surface area contributed by atoms with Crippen LogP contribution in [-0.4, -0.2) is 22.2 Å². The molecule has 0 heterocycles. The Hall–Kier alpha value is -1.61. The van der Waals surface area contributed by atoms with Gasteiger partial charge in [-0.05, 0) is 58.7 Å². The van der Waals surface area contributed by atoms with E-state index in [9.17, 15) is 9.90 Å². The van der Waals surface area contributed by atoms with Gasteiger partial charge in [0.1, 0.15) is 0 Å². The third kappa shape index (κ3) is 4.20. The molecule has 1 amide bonds. The fourth-order valence-corrected chi connectivity index (χ4v) is 1.68. The smallest absolute Gasteiger partial charge is 0.244 e. The van der Waals surface area contributed by atoms with Gasteiger partial charge in [-0.1, -0.05) is 23.8 Å². The highest BCUT2D eigenvalue weighted by molar-refractivity contribution is 5.92. The Morgan fingerprint density at radius 3 is 2.30 bits per heavy atom. The Balaban J connectivity index is 2.79. The minimum absolute atomic E-state index is 0.211. The first-order valence-electron chi connectivity index (χ1n) is 6.83. The highest BCUT2D eigenvalue weighted by Crippen LogP contribution is 2.20. The lowest BCUT2D eigenvalue weighted by atomic mass is 9.86. The number of benzene rings is 1. The third-order valence-electron chi connectivity index (χ3n) is 3.80. The molecule has 0 bridgehead atoms. The van der Waals surface area contributed by atoms with E-state index in [-0.39, 0.29) is 5.91 Å². The molecule has 0 aliphatic heterocycles. The largest absolute Gasteiger partial charge is 0.388 e. The summed E-state index contributed by atoms with van der Waals surface area (Å²) >= 11 is 0. The second-order valence-electron chi connectivity index (χ2n) is 6.37. The zero-order chi connectivity index (χ0) is 15.6. The van der Waals surface area contributed by atoms with Crippen molar-refractivity contribution in [1.82, 2.24) is 5.32 Å². The molecular formula is C17H25NO2. The first kappa shape index (κ1) is 16.4. The van der Waals surface area contributed by atoms with Gasteiger partial charge >= 0.3 is 0 Å². The summed E-state index contributed by atoms with van der Waals surface area (Å²) < 4.78 is 0. The standard InChI is InChI=1S/C17H25NO2/c1-12-7-8-14(13(2)11-12)9-10-15(19)18-16(3,4)17(5,6)20/h7-11,20H,1-6H3,(H,18,19)/b10-9+. The van der Waals surface area contributed by atoms with E-state index >= 15 is 0 Å². The van der Waals surface area contributed by atoms with Crippen molar-refractivity contribution in [3.05, 3.63) is 41.0 Å². The van der Waals surface area contributed by atoms with E-state index < -0.39 is 11.1 Å². The molecule has 0 saturated carbocycles. The minimum atomic E-state index is -0.990. The molecule has 0 aromatic heterocycles. The van der Waals surface area contributed by atoms with Gasteiger partial charge in [0.15, 0.2) is 0 Å². The summed E-state index contributed by atoms with van der Waals surface area (Å²) in [5.41, 5.74) is 1.67. The molecule has 0 saturated heterocycles. The van der Waals surface area contributed by atoms with E-state index in [0.717, 1.165) is 11.1 Å². The van der Waals surface area contributed by atoms with Gasteiger partial charge in [-0.15, -0.1) is 0 Å². The molecule has 3 nitrogen and oxygen atoms in total. The SMILES string of the molecule is Cc1ccc(/C=C/C(=O)NC(C)(C)C(C)(C)O)c(C)c1. The predicted octanol–water partition coefficient (Wildman–Crippen LogP) is 2.98. The lowest BCUT2D eigenvalue weighted by molar-refractivity contribution is -0.121. The summed E-state index contributed by atoms with van der Waals surface area (Å²) in [5.74, 6) is -0.211. The lowest BCUT2D eigenvalue weighted by Gasteiger charge is -2.37. The summed E-state index contributed by atoms with van der Waals surface area (Å²) in [6, 6.07) is 6.10. The van der Waals surface area contributed by atoms with Crippen LogP contribution in [0.3, 0.4) is 0 Å². The summed E-state index contributed by atoms with van der Waals surface area (Å²) in [7, 11) is 0. The zero-order valence-electron chi connectivity index (χ0n) is 13.2. The summed E-state index contributed by atoms with van der Waals surface area (Å²) in [6.07, 6.45) is 3.30. The normalized spacial score (nSPS) is 12.8. The summed E-state index contributed by atoms with van der Waals surface area (Å²) in [4.78, 5) is 11.9. The Bertz CT molecular complexity index is 522. The first-order valence-corrected chi connectivity index (χ1v) is 6.83. The van der Waals surface area contributed by atoms with Gasteiger partial charge in [0.05, 0.1) is 11.1 Å². The average molecular weight is 275 g/mol. The summed E-state index contributed by atoms with van der Waals surface area (Å²) in [6.45, 7) is 11.0. The van der Waals surface area contributed by atoms with Crippen molar-refractivity contribution in [2.45, 2.75) is 52.7 Å². The molecule has 110 valence electrons. The second-order valence-corrected chi connectivity index (χ2v) is 6.37. The molecule has 1 aromatic rings. The van der Waals surface area contributed by atoms with Gasteiger partial charge in [-0.2, -0.15) is 0 Å². The number of rotatable bonds is 4. The van der Waals surface area contributed by atoms with E-state index in [2.05, 4.69) is 11.4 Å². The number of nitrogens with one attached hydrogen (secondary N) is 1. The van der Waals surface area contributed by atoms with Crippen LogP contribution in [-0.2, 0) is 4.79 Å². The second kappa shape index (κ2) is 5.80. The number of hydrogen-bond acceptors (Lipinski definition) is 2. The Kier molecular flexibility index (Phi) is 4.77. The van der Waals surface area contributed by atoms with Crippen LogP contribution in [0.2, 0.25) is 0 Å². The van der Waals surface area contributed by atoms with E-state index in [4.69, 9.17) is 0 Å². The van der Waals surface area contributed by atoms with Crippen molar-refractivity contribution in [3.8, 4) is 0 Å². The van der Waals surface area contributed by atoms with E-state index in [1.807, 2.05) is 26.0 Å². The Morgan fingerprint density at radius 1 is 1.20 bits per heavy atom. The van der Waals surface area contributed by atoms with E-state index in [1.54, 1.807) is 33.8 Å². The van der Waals surface area contributed by atoms with Crippen molar-refractivity contribution >= 4 is 12.0 Å². The molecule has 0 aliphatic carbocycles. The van der Waals surface area contributed by atoms with Crippen molar-refractivity contribution in [2.24, 2.45) is 0 Å². The lowest BCUT2D eigenvalue weighted by Crippen LogP contribution is -2.57. The zero-order valence-corrected chi connectivity index (χ0v) is 13.2. The molecule has 0 aliphatic rings. The van der Waals surface area contributed by atoms with Gasteiger partial charge in [0.2, 0.25) is 5.91 Å². The molecule has 0 radical (unpaired) electrons. The maximum atomic E-state index is 11.9. The van der Waals surface area contributed by atoms with Crippen molar-refractivity contribution < 1.29 is 9.90 Å². The van der Waals surface area contributed by atoms with Crippen LogP contribution in [0.5, 0.6) is 0 Å². The molecule has 2 N–H and O–H groups in total. The molecule has 0 unspecified atom stereocenters. The molecule has 0 atom stereocenters. The maximum absolute atomic E-state index is 11.9. The molecule has 1 rings (SSSR count). The molecule has 20 heavy (non-hydrogen) atoms. The molecule has 0 spiro atoms. The molecule has 3 heteroatoms. The highest BCUT2D eigenvalue weighted by atomic mass is 16.3. The van der Waals surface area contributed by atoms with Gasteiger partial charge in [0, 0.05) is 6.08 Å². The monoisotopic (exact) mass is 275 g/mol. The fourth-order valence-electron chi connectivity index (χ4n) is 1.68. The number of aliphatic hydroxyl groups is 1. The van der Waals surface area contributed by atoms with Crippen LogP contribution in [0.15, 0.2) is 24.3 Å². The van der Waals surface area contributed by atoms with Crippen LogP contribution in [0.25, 0.3) is 6.08 Å². The van der Waals surface area contributed by atoms with E-state index in [1.165, 1.54) is 11.6 Å². The maximum Gasteiger partial charge on any atom is 0.244 e. The quantitative estimate of drug-likeness (QED) is 0.830. The number of carbonyl (C=O) groups excluding carboxylic acids is 1. The minimum Gasteiger partial charge on any atom is -0.388 e. The number of carbonyl (C=O) groups is 1. The number of hydrogen-bond donors (Lipinski definition) is 2. The Morgan fingerprint density at radius 2 is 1.80 bits per heavy atom. The van der Waals surface area contributed by atoms with Crippen LogP contribution in [0.4, 0.5) is 0 Å². The average Bonchev–Trinajstić information content (AvgIpc) is 2.25. The highest BCUT2D eigenvalue weighted by Gasteiger charge is 2.35. The van der Waals surface area contributed by atoms with Crippen molar-refractivity contribution in [2.75, 3.05) is 0 Å². The number of aryl methyl sites for hydroxylation is 2. The van der Waals surface area contributed by atoms with Crippen molar-refractivity contribution in [1.29, 1.82) is 0 Å². The van der Waals surface area contributed by atoms with Gasteiger partial charge in [0.25, 0.3) is 0 Å². The van der Waals surface area contributed by atoms with Crippen LogP contribution < -0.4 is 5.32 Å².